The molecule has 3 heteroatoms. The molecule has 0 saturated heterocycles. The Morgan fingerprint density at radius 2 is 0.595 bits per heavy atom. The van der Waals surface area contributed by atoms with Crippen LogP contribution in [0.2, 0.25) is 0 Å². The van der Waals surface area contributed by atoms with Crippen LogP contribution < -0.4 is 31.8 Å². The molecule has 0 amide bonds. The Kier molecular flexibility index (Phi) is 10.6. The summed E-state index contributed by atoms with van der Waals surface area (Å²) in [7, 11) is -0.818. The molecule has 0 N–H and O–H groups in total. The Balaban J connectivity index is 0.000000168. The quantitative estimate of drug-likeness (QED) is 0.158. The fourth-order valence-electron chi connectivity index (χ4n) is 4.23. The first-order valence-corrected chi connectivity index (χ1v) is 14.8. The van der Waals surface area contributed by atoms with Gasteiger partial charge < -0.3 is 0 Å². The monoisotopic (exact) mass is 588 g/mol. The zero-order valence-electron chi connectivity index (χ0n) is 20.6. The zero-order chi connectivity index (χ0) is 24.4. The molecule has 6 aromatic carbocycles. The van der Waals surface area contributed by atoms with Gasteiger partial charge in [0.25, 0.3) is 0 Å². The molecule has 0 bridgehead atoms. The summed E-state index contributed by atoms with van der Waals surface area (Å²) in [5, 5.41) is 8.47. The molecule has 6 rings (SSSR count). The molecule has 37 heavy (non-hydrogen) atoms. The normalized spacial score (nSPS) is 10.4. The second-order valence-electron chi connectivity index (χ2n) is 8.30. The number of rotatable bonds is 6. The van der Waals surface area contributed by atoms with E-state index in [4.69, 9.17) is 0 Å². The van der Waals surface area contributed by atoms with Crippen LogP contribution in [0, 0.1) is 0 Å². The minimum atomic E-state index is -0.409. The maximum absolute atomic E-state index is 2.23. The molecule has 0 radical (unpaired) electrons. The maximum Gasteiger partial charge on any atom is 2.00 e. The molecular weight excluding hydrogens is 562 g/mol. The van der Waals surface area contributed by atoms with Crippen LogP contribution in [0.4, 0.5) is 0 Å². The van der Waals surface area contributed by atoms with Gasteiger partial charge in [-0.1, -0.05) is 121 Å². The summed E-state index contributed by atoms with van der Waals surface area (Å²) in [4.78, 5) is 0. The van der Waals surface area contributed by atoms with Crippen LogP contribution in [-0.4, -0.2) is 0 Å². The van der Waals surface area contributed by atoms with E-state index < -0.39 is 15.8 Å². The third-order valence-corrected chi connectivity index (χ3v) is 10.8. The van der Waals surface area contributed by atoms with E-state index in [2.05, 4.69) is 170 Å². The summed E-state index contributed by atoms with van der Waals surface area (Å²) >= 11 is 0. The average Bonchev–Trinajstić information content (AvgIpc) is 3.68. The Bertz CT molecular complexity index is 1210. The van der Waals surface area contributed by atoms with Gasteiger partial charge in [0.05, 0.1) is 0 Å². The van der Waals surface area contributed by atoms with Crippen LogP contribution in [-0.2, 0) is 26.2 Å². The van der Waals surface area contributed by atoms with E-state index in [-0.39, 0.29) is 26.2 Å². The van der Waals surface area contributed by atoms with Gasteiger partial charge in [-0.15, -0.1) is 10.6 Å². The first kappa shape index (κ1) is 27.4. The summed E-state index contributed by atoms with van der Waals surface area (Å²) in [6.07, 6.45) is 0. The molecule has 0 fully saturated rings. The molecule has 0 saturated carbocycles. The van der Waals surface area contributed by atoms with Crippen molar-refractivity contribution in [1.82, 2.24) is 0 Å². The molecule has 178 valence electrons. The van der Waals surface area contributed by atoms with Crippen LogP contribution in [0.25, 0.3) is 0 Å². The Morgan fingerprint density at radius 1 is 0.324 bits per heavy atom. The topological polar surface area (TPSA) is 0 Å². The Labute approximate surface area is 242 Å². The Morgan fingerprint density at radius 3 is 0.811 bits per heavy atom. The van der Waals surface area contributed by atoms with E-state index >= 15 is 0 Å². The third-order valence-electron chi connectivity index (χ3n) is 5.86. The molecule has 0 aliphatic carbocycles. The number of benzene rings is 4. The van der Waals surface area contributed by atoms with Crippen molar-refractivity contribution >= 4 is 47.7 Å². The molecule has 0 spiro atoms. The summed E-state index contributed by atoms with van der Waals surface area (Å²) in [5.74, 6) is 0. The van der Waals surface area contributed by atoms with Crippen molar-refractivity contribution in [3.05, 3.63) is 170 Å². The van der Waals surface area contributed by atoms with Gasteiger partial charge >= 0.3 is 26.2 Å². The molecular formula is C34H28P2Zr. The van der Waals surface area contributed by atoms with Crippen LogP contribution in [0.3, 0.4) is 0 Å². The van der Waals surface area contributed by atoms with Gasteiger partial charge in [-0.05, 0) is 37.1 Å². The Hall–Kier alpha value is -2.68. The number of hydrogen-bond acceptors (Lipinski definition) is 0. The standard InChI is InChI=1S/2C17H14P.Zr/c2*1-3-9-15(10-4-1)18(17-13-7-8-14-17)16-11-5-2-6-12-16;/h2*1-14H;/q2*-1;+2. The van der Waals surface area contributed by atoms with Crippen molar-refractivity contribution in [2.75, 3.05) is 0 Å². The largest absolute Gasteiger partial charge is 2.00 e. The summed E-state index contributed by atoms with van der Waals surface area (Å²) in [6.45, 7) is 0. The van der Waals surface area contributed by atoms with Crippen molar-refractivity contribution in [2.24, 2.45) is 0 Å². The molecule has 0 nitrogen and oxygen atoms in total. The van der Waals surface area contributed by atoms with E-state index in [1.54, 1.807) is 0 Å². The average molecular weight is 590 g/mol. The first-order chi connectivity index (χ1) is 17.9. The predicted octanol–water partition coefficient (Wildman–Crippen LogP) is 6.32. The van der Waals surface area contributed by atoms with Crippen molar-refractivity contribution in [3.8, 4) is 0 Å². The van der Waals surface area contributed by atoms with E-state index in [9.17, 15) is 0 Å². The second kappa shape index (κ2) is 14.3. The molecule has 6 aromatic rings. The van der Waals surface area contributed by atoms with Gasteiger partial charge in [-0.2, -0.15) is 24.3 Å². The van der Waals surface area contributed by atoms with Crippen LogP contribution >= 0.6 is 15.8 Å². The van der Waals surface area contributed by atoms with Gasteiger partial charge in [0.2, 0.25) is 0 Å². The third kappa shape index (κ3) is 7.21. The van der Waals surface area contributed by atoms with Gasteiger partial charge in [0.1, 0.15) is 0 Å². The van der Waals surface area contributed by atoms with Crippen molar-refractivity contribution in [3.63, 3.8) is 0 Å². The second-order valence-corrected chi connectivity index (χ2v) is 12.7. The van der Waals surface area contributed by atoms with Crippen molar-refractivity contribution in [1.29, 1.82) is 0 Å². The van der Waals surface area contributed by atoms with Crippen LogP contribution in [0.1, 0.15) is 0 Å². The summed E-state index contributed by atoms with van der Waals surface area (Å²) < 4.78 is 0. The van der Waals surface area contributed by atoms with E-state index in [0.29, 0.717) is 0 Å². The summed E-state index contributed by atoms with van der Waals surface area (Å²) in [5.41, 5.74) is 0. The molecule has 0 heterocycles. The smallest absolute Gasteiger partial charge is 0.213 e. The van der Waals surface area contributed by atoms with E-state index in [1.165, 1.54) is 31.8 Å². The van der Waals surface area contributed by atoms with Gasteiger partial charge in [0, 0.05) is 0 Å². The first-order valence-electron chi connectivity index (χ1n) is 12.1. The van der Waals surface area contributed by atoms with Gasteiger partial charge in [-0.25, -0.2) is 24.3 Å². The minimum absolute atomic E-state index is 0. The number of hydrogen-bond donors (Lipinski definition) is 0. The van der Waals surface area contributed by atoms with Crippen molar-refractivity contribution in [2.45, 2.75) is 0 Å². The molecule has 0 unspecified atom stereocenters. The maximum atomic E-state index is 2.23. The molecule has 0 aliphatic heterocycles. The van der Waals surface area contributed by atoms with Crippen LogP contribution in [0.15, 0.2) is 170 Å². The van der Waals surface area contributed by atoms with Gasteiger partial charge in [-0.3, -0.25) is 0 Å². The molecule has 0 aliphatic rings. The van der Waals surface area contributed by atoms with E-state index in [1.807, 2.05) is 0 Å². The summed E-state index contributed by atoms with van der Waals surface area (Å²) in [6, 6.07) is 60.5. The molecule has 0 atom stereocenters. The van der Waals surface area contributed by atoms with Gasteiger partial charge in [0.15, 0.2) is 0 Å². The zero-order valence-corrected chi connectivity index (χ0v) is 24.8. The molecule has 0 aromatic heterocycles. The van der Waals surface area contributed by atoms with E-state index in [0.717, 1.165) is 0 Å². The fraction of sp³-hybridized carbons (Fsp3) is 0. The predicted molar refractivity (Wildman–Crippen MR) is 161 cm³/mol. The van der Waals surface area contributed by atoms with Crippen LogP contribution in [0.5, 0.6) is 0 Å². The SMILES string of the molecule is [Zr+2].c1ccc(P(c2ccccc2)c2ccc[cH-]2)cc1.c1ccc(P(c2ccccc2)c2ccc[cH-]2)cc1. The van der Waals surface area contributed by atoms with Crippen molar-refractivity contribution < 1.29 is 26.2 Å². The minimum Gasteiger partial charge on any atom is -0.213 e. The fourth-order valence-corrected chi connectivity index (χ4v) is 8.84.